The average molecular weight is 488 g/mol. The Morgan fingerprint density at radius 3 is 1.86 bits per heavy atom. The summed E-state index contributed by atoms with van der Waals surface area (Å²) in [6.45, 7) is 4.40. The average Bonchev–Trinajstić information content (AvgIpc) is 3.65. The van der Waals surface area contributed by atoms with Crippen LogP contribution in [-0.2, 0) is 10.8 Å². The molecule has 2 aromatic carbocycles. The van der Waals surface area contributed by atoms with Crippen molar-refractivity contribution in [3.8, 4) is 0 Å². The fourth-order valence-electron chi connectivity index (χ4n) is 5.14. The quantitative estimate of drug-likeness (QED) is 0.213. The summed E-state index contributed by atoms with van der Waals surface area (Å²) < 4.78 is 0. The highest BCUT2D eigenvalue weighted by Gasteiger charge is 2.33. The highest BCUT2D eigenvalue weighted by Crippen LogP contribution is 2.36. The van der Waals surface area contributed by atoms with Crippen molar-refractivity contribution in [2.45, 2.75) is 82.1 Å². The molecule has 0 aliphatic rings. The number of benzene rings is 2. The van der Waals surface area contributed by atoms with Crippen LogP contribution in [0.2, 0.25) is 0 Å². The number of aromatic nitrogens is 7. The third-order valence-corrected chi connectivity index (χ3v) is 7.57. The van der Waals surface area contributed by atoms with Gasteiger partial charge in [-0.1, -0.05) is 91.6 Å². The first-order chi connectivity index (χ1) is 17.5. The third-order valence-electron chi connectivity index (χ3n) is 7.57. The van der Waals surface area contributed by atoms with Crippen LogP contribution in [0.1, 0.15) is 87.9 Å². The van der Waals surface area contributed by atoms with Crippen molar-refractivity contribution in [3.05, 3.63) is 89.5 Å². The number of aliphatic hydroxyl groups excluding tert-OH is 1. The lowest BCUT2D eigenvalue weighted by molar-refractivity contribution is 0.146. The molecule has 3 unspecified atom stereocenters. The van der Waals surface area contributed by atoms with Crippen LogP contribution in [0.25, 0.3) is 0 Å². The first kappa shape index (κ1) is 25.7. The first-order valence-electron chi connectivity index (χ1n) is 12.9. The van der Waals surface area contributed by atoms with Gasteiger partial charge < -0.3 is 5.11 Å². The summed E-state index contributed by atoms with van der Waals surface area (Å²) >= 11 is 0. The standard InChI is InChI=1S/C28H37N7O/c1-27(25-21-29-33-30-25,22-13-5-3-6-14-22)19-11-9-17-24(36)18-10-12-20-28(2,26-31-34-35-32-26)23-15-7-4-8-16-23/h3-8,13-16,21,24,36H,9-12,17-20H2,1-2H3,(H,29,30,33)(H,31,32,34,35). The van der Waals surface area contributed by atoms with Gasteiger partial charge in [0.1, 0.15) is 0 Å². The molecule has 8 heteroatoms. The molecule has 190 valence electrons. The van der Waals surface area contributed by atoms with Crippen LogP contribution in [0.5, 0.6) is 0 Å². The topological polar surface area (TPSA) is 116 Å². The van der Waals surface area contributed by atoms with E-state index in [2.05, 4.69) is 86.3 Å². The van der Waals surface area contributed by atoms with Gasteiger partial charge in [0.05, 0.1) is 23.4 Å². The van der Waals surface area contributed by atoms with Crippen LogP contribution in [0, 0.1) is 0 Å². The van der Waals surface area contributed by atoms with E-state index >= 15 is 0 Å². The molecule has 36 heavy (non-hydrogen) atoms. The highest BCUT2D eigenvalue weighted by molar-refractivity contribution is 5.33. The van der Waals surface area contributed by atoms with E-state index in [0.717, 1.165) is 57.1 Å². The van der Waals surface area contributed by atoms with Crippen molar-refractivity contribution < 1.29 is 5.11 Å². The molecule has 0 aliphatic carbocycles. The Hall–Kier alpha value is -3.39. The van der Waals surface area contributed by atoms with Gasteiger partial charge in [0.25, 0.3) is 0 Å². The number of nitrogens with one attached hydrogen (secondary N) is 2. The summed E-state index contributed by atoms with van der Waals surface area (Å²) in [5.41, 5.74) is 2.87. The molecule has 0 saturated carbocycles. The van der Waals surface area contributed by atoms with Crippen molar-refractivity contribution in [1.82, 2.24) is 36.0 Å². The number of unbranched alkanes of at least 4 members (excludes halogenated alkanes) is 2. The molecule has 2 heterocycles. The lowest BCUT2D eigenvalue weighted by Crippen LogP contribution is -2.25. The zero-order chi connectivity index (χ0) is 25.3. The fourth-order valence-corrected chi connectivity index (χ4v) is 5.14. The van der Waals surface area contributed by atoms with Crippen molar-refractivity contribution in [2.24, 2.45) is 0 Å². The molecule has 0 amide bonds. The molecule has 8 nitrogen and oxygen atoms in total. The third kappa shape index (κ3) is 6.05. The fraction of sp³-hybridized carbons (Fsp3) is 0.464. The summed E-state index contributed by atoms with van der Waals surface area (Å²) in [5, 5.41) is 36.8. The number of tetrazole rings is 1. The number of H-pyrrole nitrogens is 2. The van der Waals surface area contributed by atoms with Crippen LogP contribution >= 0.6 is 0 Å². The second kappa shape index (κ2) is 12.0. The maximum absolute atomic E-state index is 10.6. The molecule has 3 atom stereocenters. The molecule has 0 radical (unpaired) electrons. The molecule has 4 aromatic rings. The van der Waals surface area contributed by atoms with Crippen LogP contribution in [0.3, 0.4) is 0 Å². The van der Waals surface area contributed by atoms with Gasteiger partial charge in [-0.3, -0.25) is 0 Å². The summed E-state index contributed by atoms with van der Waals surface area (Å²) in [6, 6.07) is 20.8. The molecule has 3 N–H and O–H groups in total. The number of nitrogens with zero attached hydrogens (tertiary/aromatic N) is 5. The highest BCUT2D eigenvalue weighted by atomic mass is 16.3. The molecule has 2 aromatic heterocycles. The molecule has 4 rings (SSSR count). The Kier molecular flexibility index (Phi) is 8.59. The van der Waals surface area contributed by atoms with Gasteiger partial charge >= 0.3 is 0 Å². The van der Waals surface area contributed by atoms with Crippen molar-refractivity contribution >= 4 is 0 Å². The van der Waals surface area contributed by atoms with Crippen molar-refractivity contribution in [3.63, 3.8) is 0 Å². The van der Waals surface area contributed by atoms with Gasteiger partial charge in [-0.2, -0.15) is 20.6 Å². The SMILES string of the molecule is CC(CCCCC(O)CCCCC(C)(c1ccccc1)c1nn[nH]n1)(c1ccccc1)c1cn[nH]n1. The van der Waals surface area contributed by atoms with E-state index in [0.29, 0.717) is 5.82 Å². The minimum atomic E-state index is -0.303. The van der Waals surface area contributed by atoms with E-state index in [1.807, 2.05) is 30.5 Å². The lowest BCUT2D eigenvalue weighted by atomic mass is 9.75. The van der Waals surface area contributed by atoms with Crippen molar-refractivity contribution in [1.29, 1.82) is 0 Å². The Morgan fingerprint density at radius 1 is 0.750 bits per heavy atom. The van der Waals surface area contributed by atoms with Gasteiger partial charge in [-0.05, 0) is 50.7 Å². The molecular weight excluding hydrogens is 450 g/mol. The summed E-state index contributed by atoms with van der Waals surface area (Å²) in [7, 11) is 0. The van der Waals surface area contributed by atoms with E-state index in [4.69, 9.17) is 0 Å². The zero-order valence-corrected chi connectivity index (χ0v) is 21.3. The predicted octanol–water partition coefficient (Wildman–Crippen LogP) is 5.11. The number of aliphatic hydroxyl groups is 1. The van der Waals surface area contributed by atoms with Crippen LogP contribution < -0.4 is 0 Å². The Morgan fingerprint density at radius 2 is 1.33 bits per heavy atom. The van der Waals surface area contributed by atoms with Gasteiger partial charge in [-0.15, -0.1) is 10.2 Å². The molecule has 0 bridgehead atoms. The number of rotatable bonds is 14. The lowest BCUT2D eigenvalue weighted by Gasteiger charge is -2.28. The minimum Gasteiger partial charge on any atom is -0.393 e. The molecule has 0 spiro atoms. The Bertz CT molecular complexity index is 1040. The van der Waals surface area contributed by atoms with Crippen molar-refractivity contribution in [2.75, 3.05) is 0 Å². The smallest absolute Gasteiger partial charge is 0.184 e. The van der Waals surface area contributed by atoms with E-state index in [9.17, 15) is 5.11 Å². The van der Waals surface area contributed by atoms with E-state index in [1.165, 1.54) is 11.1 Å². The Balaban J connectivity index is 1.23. The molecule has 0 fully saturated rings. The van der Waals surface area contributed by atoms with E-state index < -0.39 is 0 Å². The van der Waals surface area contributed by atoms with Crippen LogP contribution in [0.4, 0.5) is 0 Å². The summed E-state index contributed by atoms with van der Waals surface area (Å²) in [6.07, 6.45) is 8.93. The van der Waals surface area contributed by atoms with Gasteiger partial charge in [0.2, 0.25) is 0 Å². The van der Waals surface area contributed by atoms with Crippen LogP contribution in [0.15, 0.2) is 66.9 Å². The van der Waals surface area contributed by atoms with Gasteiger partial charge in [0.15, 0.2) is 5.82 Å². The minimum absolute atomic E-state index is 0.198. The summed E-state index contributed by atoms with van der Waals surface area (Å²) in [5.74, 6) is 0.711. The second-order valence-electron chi connectivity index (χ2n) is 10.1. The van der Waals surface area contributed by atoms with E-state index in [-0.39, 0.29) is 16.9 Å². The number of hydrogen-bond acceptors (Lipinski definition) is 6. The number of hydrogen-bond donors (Lipinski definition) is 3. The molecular formula is C28H37N7O. The first-order valence-corrected chi connectivity index (χ1v) is 12.9. The monoisotopic (exact) mass is 487 g/mol. The van der Waals surface area contributed by atoms with E-state index in [1.54, 1.807) is 0 Å². The predicted molar refractivity (Wildman–Crippen MR) is 139 cm³/mol. The largest absolute Gasteiger partial charge is 0.393 e. The maximum Gasteiger partial charge on any atom is 0.184 e. The van der Waals surface area contributed by atoms with Gasteiger partial charge in [0, 0.05) is 5.41 Å². The Labute approximate surface area is 212 Å². The number of aromatic amines is 2. The molecule has 0 aliphatic heterocycles. The zero-order valence-electron chi connectivity index (χ0n) is 21.3. The molecule has 0 saturated heterocycles. The van der Waals surface area contributed by atoms with Crippen LogP contribution in [-0.4, -0.2) is 47.2 Å². The second-order valence-corrected chi connectivity index (χ2v) is 10.1. The van der Waals surface area contributed by atoms with Gasteiger partial charge in [-0.25, -0.2) is 0 Å². The normalized spacial score (nSPS) is 15.8. The maximum atomic E-state index is 10.6. The summed E-state index contributed by atoms with van der Waals surface area (Å²) in [4.78, 5) is 0.